The lowest BCUT2D eigenvalue weighted by Gasteiger charge is -2.03. The number of hydrogen-bond acceptors (Lipinski definition) is 8. The lowest BCUT2D eigenvalue weighted by atomic mass is 10.2. The topological polar surface area (TPSA) is 80.7 Å². The van der Waals surface area contributed by atoms with Crippen LogP contribution in [0.1, 0.15) is 16.0 Å². The summed E-state index contributed by atoms with van der Waals surface area (Å²) < 4.78 is 4.24. The molecule has 1 N–H and O–H groups in total. The highest BCUT2D eigenvalue weighted by Crippen LogP contribution is 2.34. The van der Waals surface area contributed by atoms with Crippen LogP contribution < -0.4 is 5.32 Å². The summed E-state index contributed by atoms with van der Waals surface area (Å²) in [5.41, 5.74) is 3.35. The molecule has 4 rings (SSSR count). The van der Waals surface area contributed by atoms with Gasteiger partial charge in [-0.3, -0.25) is 10.1 Å². The Hall–Kier alpha value is -2.36. The van der Waals surface area contributed by atoms with E-state index in [1.54, 1.807) is 17.7 Å². The van der Waals surface area contributed by atoms with Gasteiger partial charge < -0.3 is 0 Å². The molecule has 0 radical (unpaired) electrons. The molecular formula is C19H17N5OS3. The molecule has 1 amide bonds. The van der Waals surface area contributed by atoms with Gasteiger partial charge in [0.2, 0.25) is 11.9 Å². The van der Waals surface area contributed by atoms with Crippen LogP contribution in [0, 0.1) is 20.8 Å². The molecule has 0 spiro atoms. The van der Waals surface area contributed by atoms with E-state index in [0.29, 0.717) is 5.95 Å². The third kappa shape index (κ3) is 3.91. The van der Waals surface area contributed by atoms with Gasteiger partial charge in [-0.05, 0) is 37.9 Å². The van der Waals surface area contributed by atoms with E-state index in [0.717, 1.165) is 25.8 Å². The summed E-state index contributed by atoms with van der Waals surface area (Å²) in [6, 6.07) is 8.07. The van der Waals surface area contributed by atoms with Gasteiger partial charge in [0.05, 0.1) is 5.75 Å². The molecule has 0 fully saturated rings. The van der Waals surface area contributed by atoms with Crippen molar-refractivity contribution in [2.45, 2.75) is 25.8 Å². The normalized spacial score (nSPS) is 11.1. The Morgan fingerprint density at radius 2 is 1.93 bits per heavy atom. The minimum atomic E-state index is -0.158. The Balaban J connectivity index is 1.42. The second-order valence-electron chi connectivity index (χ2n) is 6.27. The number of amides is 1. The molecule has 9 heteroatoms. The van der Waals surface area contributed by atoms with Crippen LogP contribution in [0.25, 0.3) is 20.8 Å². The largest absolute Gasteiger partial charge is 0.293 e. The van der Waals surface area contributed by atoms with Gasteiger partial charge in [0, 0.05) is 15.8 Å². The fraction of sp³-hybridized carbons (Fsp3) is 0.211. The maximum Gasteiger partial charge on any atom is 0.241 e. The van der Waals surface area contributed by atoms with Crippen LogP contribution in [0.2, 0.25) is 0 Å². The number of thioether (sulfide) groups is 1. The second kappa shape index (κ2) is 7.94. The minimum Gasteiger partial charge on any atom is -0.293 e. The van der Waals surface area contributed by atoms with Crippen molar-refractivity contribution in [1.29, 1.82) is 0 Å². The van der Waals surface area contributed by atoms with E-state index in [1.807, 2.05) is 31.2 Å². The highest BCUT2D eigenvalue weighted by atomic mass is 32.2. The van der Waals surface area contributed by atoms with E-state index < -0.39 is 0 Å². The molecule has 0 bridgehead atoms. The molecule has 3 aromatic heterocycles. The third-order valence-corrected chi connectivity index (χ3v) is 7.12. The van der Waals surface area contributed by atoms with Crippen LogP contribution in [-0.2, 0) is 4.79 Å². The lowest BCUT2D eigenvalue weighted by molar-refractivity contribution is -0.113. The number of rotatable bonds is 5. The first kappa shape index (κ1) is 19.0. The van der Waals surface area contributed by atoms with Crippen molar-refractivity contribution >= 4 is 56.7 Å². The Kier molecular flexibility index (Phi) is 5.38. The Morgan fingerprint density at radius 3 is 2.71 bits per heavy atom. The smallest absolute Gasteiger partial charge is 0.241 e. The van der Waals surface area contributed by atoms with Crippen LogP contribution in [0.3, 0.4) is 0 Å². The maximum atomic E-state index is 12.4. The molecule has 0 aliphatic heterocycles. The maximum absolute atomic E-state index is 12.4. The average Bonchev–Trinajstić information content (AvgIpc) is 3.26. The van der Waals surface area contributed by atoms with Gasteiger partial charge in [0.25, 0.3) is 0 Å². The average molecular weight is 428 g/mol. The number of fused-ring (bicyclic) bond motifs is 1. The first-order valence-electron chi connectivity index (χ1n) is 8.55. The summed E-state index contributed by atoms with van der Waals surface area (Å²) in [4.78, 5) is 27.6. The molecule has 142 valence electrons. The summed E-state index contributed by atoms with van der Waals surface area (Å²) in [7, 11) is 0. The molecule has 6 nitrogen and oxygen atoms in total. The van der Waals surface area contributed by atoms with Gasteiger partial charge in [-0.15, -0.1) is 11.3 Å². The zero-order valence-corrected chi connectivity index (χ0v) is 18.0. The summed E-state index contributed by atoms with van der Waals surface area (Å²) in [5, 5.41) is 5.42. The van der Waals surface area contributed by atoms with E-state index >= 15 is 0 Å². The van der Waals surface area contributed by atoms with Gasteiger partial charge in [0.1, 0.15) is 21.2 Å². The number of anilines is 1. The highest BCUT2D eigenvalue weighted by Gasteiger charge is 2.15. The first-order chi connectivity index (χ1) is 13.5. The number of aromatic nitrogens is 4. The van der Waals surface area contributed by atoms with Gasteiger partial charge in [0.15, 0.2) is 0 Å². The van der Waals surface area contributed by atoms with E-state index in [-0.39, 0.29) is 11.7 Å². The first-order valence-corrected chi connectivity index (χ1v) is 11.1. The van der Waals surface area contributed by atoms with Crippen molar-refractivity contribution < 1.29 is 4.79 Å². The van der Waals surface area contributed by atoms with Gasteiger partial charge in [-0.25, -0.2) is 9.97 Å². The number of benzene rings is 1. The zero-order valence-electron chi connectivity index (χ0n) is 15.5. The predicted molar refractivity (Wildman–Crippen MR) is 116 cm³/mol. The lowest BCUT2D eigenvalue weighted by Crippen LogP contribution is -2.15. The van der Waals surface area contributed by atoms with Crippen molar-refractivity contribution in [2.75, 3.05) is 11.1 Å². The molecule has 0 aliphatic rings. The quantitative estimate of drug-likeness (QED) is 0.362. The standard InChI is InChI=1S/C19H17N5OS3/c1-10-4-6-13(7-5-10)16-23-19(24-28-16)22-14(25)8-26-17-15-11(2)12(3)27-18(15)21-9-20-17/h4-7,9H,8H2,1-3H3,(H,22,24,25). The Bertz CT molecular complexity index is 1150. The molecule has 1 aromatic carbocycles. The molecular weight excluding hydrogens is 410 g/mol. The number of nitrogens with zero attached hydrogens (tertiary/aromatic N) is 4. The van der Waals surface area contributed by atoms with E-state index in [4.69, 9.17) is 0 Å². The van der Waals surface area contributed by atoms with Gasteiger partial charge in [-0.2, -0.15) is 9.36 Å². The van der Waals surface area contributed by atoms with E-state index in [2.05, 4.69) is 38.5 Å². The molecule has 0 aliphatic carbocycles. The van der Waals surface area contributed by atoms with Crippen LogP contribution >= 0.6 is 34.6 Å². The van der Waals surface area contributed by atoms with Crippen LogP contribution in [0.15, 0.2) is 35.6 Å². The summed E-state index contributed by atoms with van der Waals surface area (Å²) >= 11 is 4.32. The summed E-state index contributed by atoms with van der Waals surface area (Å²) in [5.74, 6) is 0.413. The summed E-state index contributed by atoms with van der Waals surface area (Å²) in [6.45, 7) is 6.17. The Morgan fingerprint density at radius 1 is 1.14 bits per heavy atom. The second-order valence-corrected chi connectivity index (χ2v) is 9.19. The third-order valence-electron chi connectivity index (χ3n) is 4.25. The highest BCUT2D eigenvalue weighted by molar-refractivity contribution is 8.00. The predicted octanol–water partition coefficient (Wildman–Crippen LogP) is 4.87. The molecule has 3 heterocycles. The van der Waals surface area contributed by atoms with Crippen LogP contribution in [0.4, 0.5) is 5.95 Å². The fourth-order valence-electron chi connectivity index (χ4n) is 2.64. The van der Waals surface area contributed by atoms with E-state index in [1.165, 1.54) is 39.3 Å². The fourth-order valence-corrected chi connectivity index (χ4v) is 5.19. The van der Waals surface area contributed by atoms with Crippen molar-refractivity contribution in [3.05, 3.63) is 46.6 Å². The van der Waals surface area contributed by atoms with Gasteiger partial charge >= 0.3 is 0 Å². The van der Waals surface area contributed by atoms with Crippen LogP contribution in [0.5, 0.6) is 0 Å². The zero-order chi connectivity index (χ0) is 19.7. The van der Waals surface area contributed by atoms with Crippen molar-refractivity contribution in [1.82, 2.24) is 19.3 Å². The minimum absolute atomic E-state index is 0.158. The number of carbonyl (C=O) groups is 1. The molecule has 0 unspecified atom stereocenters. The molecule has 0 saturated heterocycles. The molecule has 28 heavy (non-hydrogen) atoms. The van der Waals surface area contributed by atoms with Gasteiger partial charge in [-0.1, -0.05) is 41.6 Å². The van der Waals surface area contributed by atoms with E-state index in [9.17, 15) is 4.79 Å². The summed E-state index contributed by atoms with van der Waals surface area (Å²) in [6.07, 6.45) is 1.55. The monoisotopic (exact) mass is 427 g/mol. The van der Waals surface area contributed by atoms with Crippen molar-refractivity contribution in [3.8, 4) is 10.6 Å². The SMILES string of the molecule is Cc1ccc(-c2nc(NC(=O)CSc3ncnc4sc(C)c(C)c34)ns2)cc1. The number of hydrogen-bond donors (Lipinski definition) is 1. The van der Waals surface area contributed by atoms with Crippen LogP contribution in [-0.4, -0.2) is 31.0 Å². The number of thiophene rings is 1. The van der Waals surface area contributed by atoms with Crippen molar-refractivity contribution in [2.24, 2.45) is 0 Å². The molecule has 0 atom stereocenters. The number of aryl methyl sites for hydroxylation is 3. The van der Waals surface area contributed by atoms with Crippen molar-refractivity contribution in [3.63, 3.8) is 0 Å². The Labute approximate surface area is 174 Å². The number of carbonyl (C=O) groups excluding carboxylic acids is 1. The number of nitrogens with one attached hydrogen (secondary N) is 1. The molecule has 4 aromatic rings. The molecule has 0 saturated carbocycles.